The molecule has 0 unspecified atom stereocenters. The molecule has 0 bridgehead atoms. The van der Waals surface area contributed by atoms with Gasteiger partial charge in [0.2, 0.25) is 0 Å². The van der Waals surface area contributed by atoms with E-state index < -0.39 is 10.0 Å². The molecule has 174 valence electrons. The molecule has 0 atom stereocenters. The third-order valence-electron chi connectivity index (χ3n) is 4.97. The predicted octanol–water partition coefficient (Wildman–Crippen LogP) is 4.27. The summed E-state index contributed by atoms with van der Waals surface area (Å²) in [5.74, 6) is -0.237. The van der Waals surface area contributed by atoms with E-state index in [0.29, 0.717) is 25.4 Å². The van der Waals surface area contributed by atoms with E-state index in [9.17, 15) is 13.2 Å². The van der Waals surface area contributed by atoms with Crippen LogP contribution in [0.5, 0.6) is 5.75 Å². The Labute approximate surface area is 194 Å². The van der Waals surface area contributed by atoms with Crippen molar-refractivity contribution in [3.63, 3.8) is 0 Å². The van der Waals surface area contributed by atoms with Crippen LogP contribution in [0.1, 0.15) is 34.0 Å². The lowest BCUT2D eigenvalue weighted by Gasteiger charge is -2.13. The Balaban J connectivity index is 1.73. The van der Waals surface area contributed by atoms with Crippen LogP contribution in [0.4, 0.5) is 5.69 Å². The van der Waals surface area contributed by atoms with Gasteiger partial charge in [-0.25, -0.2) is 8.42 Å². The molecule has 0 fully saturated rings. The normalized spacial score (nSPS) is 11.1. The van der Waals surface area contributed by atoms with Gasteiger partial charge in [0.15, 0.2) is 0 Å². The molecule has 2 N–H and O–H groups in total. The molecule has 1 amide bonds. The third kappa shape index (κ3) is 6.57. The molecule has 8 heteroatoms. The van der Waals surface area contributed by atoms with Crippen LogP contribution in [0.3, 0.4) is 0 Å². The second kappa shape index (κ2) is 11.0. The molecular weight excluding hydrogens is 440 g/mol. The maximum atomic E-state index is 13.0. The monoisotopic (exact) mass is 468 g/mol. The van der Waals surface area contributed by atoms with E-state index in [0.717, 1.165) is 16.7 Å². The molecule has 0 radical (unpaired) electrons. The lowest BCUT2D eigenvalue weighted by Crippen LogP contribution is -2.23. The summed E-state index contributed by atoms with van der Waals surface area (Å²) in [6, 6.07) is 19.0. The number of aryl methyl sites for hydroxylation is 1. The van der Waals surface area contributed by atoms with Crippen molar-refractivity contribution in [1.29, 1.82) is 0 Å². The van der Waals surface area contributed by atoms with Gasteiger partial charge in [-0.2, -0.15) is 0 Å². The zero-order chi connectivity index (χ0) is 23.8. The average Bonchev–Trinajstić information content (AvgIpc) is 2.82. The number of ether oxygens (including phenoxy) is 2. The first-order valence-electron chi connectivity index (χ1n) is 10.5. The van der Waals surface area contributed by atoms with Gasteiger partial charge in [0.05, 0.1) is 13.7 Å². The number of benzene rings is 3. The van der Waals surface area contributed by atoms with Crippen LogP contribution in [0.2, 0.25) is 0 Å². The van der Waals surface area contributed by atoms with Gasteiger partial charge in [-0.05, 0) is 55.3 Å². The molecule has 0 aliphatic heterocycles. The zero-order valence-corrected chi connectivity index (χ0v) is 19.7. The number of nitrogens with one attached hydrogen (secondary N) is 2. The van der Waals surface area contributed by atoms with Gasteiger partial charge in [-0.3, -0.25) is 9.52 Å². The predicted molar refractivity (Wildman–Crippen MR) is 128 cm³/mol. The second-order valence-corrected chi connectivity index (χ2v) is 9.12. The van der Waals surface area contributed by atoms with Crippen molar-refractivity contribution in [2.45, 2.75) is 31.9 Å². The maximum Gasteiger partial charge on any atom is 0.265 e. The number of amides is 1. The van der Waals surface area contributed by atoms with Crippen molar-refractivity contribution in [2.24, 2.45) is 0 Å². The van der Waals surface area contributed by atoms with Gasteiger partial charge >= 0.3 is 0 Å². The molecule has 0 saturated heterocycles. The highest BCUT2D eigenvalue weighted by Gasteiger charge is 2.22. The molecular formula is C25H28N2O5S. The first-order valence-corrected chi connectivity index (χ1v) is 12.0. The molecule has 0 aliphatic carbocycles. The number of sulfonamides is 1. The number of carbonyl (C=O) groups excluding carboxylic acids is 1. The Bertz CT molecular complexity index is 1190. The lowest BCUT2D eigenvalue weighted by molar-refractivity contribution is 0.0950. The smallest absolute Gasteiger partial charge is 0.265 e. The van der Waals surface area contributed by atoms with Crippen LogP contribution in [0.25, 0.3) is 0 Å². The van der Waals surface area contributed by atoms with E-state index in [1.54, 1.807) is 12.1 Å². The van der Waals surface area contributed by atoms with E-state index in [-0.39, 0.29) is 22.1 Å². The van der Waals surface area contributed by atoms with E-state index in [4.69, 9.17) is 9.47 Å². The molecule has 0 heterocycles. The second-order valence-electron chi connectivity index (χ2n) is 7.47. The van der Waals surface area contributed by atoms with Crippen molar-refractivity contribution in [2.75, 3.05) is 18.4 Å². The fourth-order valence-corrected chi connectivity index (χ4v) is 4.37. The number of methoxy groups -OCH3 is 1. The van der Waals surface area contributed by atoms with Crippen molar-refractivity contribution < 1.29 is 22.7 Å². The van der Waals surface area contributed by atoms with Gasteiger partial charge in [-0.1, -0.05) is 42.0 Å². The van der Waals surface area contributed by atoms with Crippen LogP contribution in [-0.2, 0) is 27.9 Å². The summed E-state index contributed by atoms with van der Waals surface area (Å²) < 4.78 is 39.1. The molecule has 7 nitrogen and oxygen atoms in total. The van der Waals surface area contributed by atoms with Crippen LogP contribution < -0.4 is 14.8 Å². The summed E-state index contributed by atoms with van der Waals surface area (Å²) in [7, 11) is -2.59. The standard InChI is InChI=1S/C25H28N2O5S/c1-4-32-17-20-9-7-19(8-10-20)16-26-25(28)21-11-14-23(31-3)24(15-21)33(29,30)27-22-12-5-18(2)6-13-22/h5-15,27H,4,16-17H2,1-3H3,(H,26,28). The number of rotatable bonds is 10. The fourth-order valence-electron chi connectivity index (χ4n) is 3.12. The first kappa shape index (κ1) is 24.3. The Hall–Kier alpha value is -3.36. The van der Waals surface area contributed by atoms with Crippen molar-refractivity contribution >= 4 is 21.6 Å². The molecule has 0 spiro atoms. The van der Waals surface area contributed by atoms with Gasteiger partial charge in [0, 0.05) is 24.4 Å². The summed E-state index contributed by atoms with van der Waals surface area (Å²) >= 11 is 0. The van der Waals surface area contributed by atoms with Gasteiger partial charge in [-0.15, -0.1) is 0 Å². The Kier molecular flexibility index (Phi) is 8.08. The van der Waals surface area contributed by atoms with Gasteiger partial charge in [0.1, 0.15) is 10.6 Å². The minimum Gasteiger partial charge on any atom is -0.495 e. The SMILES string of the molecule is CCOCc1ccc(CNC(=O)c2ccc(OC)c(S(=O)(=O)Nc3ccc(C)cc3)c2)cc1. The Morgan fingerprint density at radius 1 is 0.939 bits per heavy atom. The molecule has 3 aromatic rings. The highest BCUT2D eigenvalue weighted by molar-refractivity contribution is 7.92. The summed E-state index contributed by atoms with van der Waals surface area (Å²) in [5, 5.41) is 2.82. The van der Waals surface area contributed by atoms with E-state index in [2.05, 4.69) is 10.0 Å². The fraction of sp³-hybridized carbons (Fsp3) is 0.240. The lowest BCUT2D eigenvalue weighted by atomic mass is 10.1. The van der Waals surface area contributed by atoms with Crippen LogP contribution in [0, 0.1) is 6.92 Å². The summed E-state index contributed by atoms with van der Waals surface area (Å²) in [6.45, 7) is 5.36. The Morgan fingerprint density at radius 2 is 1.61 bits per heavy atom. The minimum absolute atomic E-state index is 0.112. The van der Waals surface area contributed by atoms with Crippen LogP contribution in [0.15, 0.2) is 71.6 Å². The van der Waals surface area contributed by atoms with Crippen molar-refractivity contribution in [3.8, 4) is 5.75 Å². The maximum absolute atomic E-state index is 13.0. The third-order valence-corrected chi connectivity index (χ3v) is 6.37. The topological polar surface area (TPSA) is 93.7 Å². The molecule has 33 heavy (non-hydrogen) atoms. The summed E-state index contributed by atoms with van der Waals surface area (Å²) in [5.41, 5.74) is 3.63. The average molecular weight is 469 g/mol. The quantitative estimate of drug-likeness (QED) is 0.463. The first-order chi connectivity index (χ1) is 15.8. The van der Waals surface area contributed by atoms with Crippen molar-refractivity contribution in [3.05, 3.63) is 89.0 Å². The minimum atomic E-state index is -3.97. The zero-order valence-electron chi connectivity index (χ0n) is 18.9. The van der Waals surface area contributed by atoms with Gasteiger partial charge in [0.25, 0.3) is 15.9 Å². The number of hydrogen-bond acceptors (Lipinski definition) is 5. The van der Waals surface area contributed by atoms with Gasteiger partial charge < -0.3 is 14.8 Å². The van der Waals surface area contributed by atoms with Crippen LogP contribution in [-0.4, -0.2) is 28.0 Å². The number of anilines is 1. The molecule has 3 aromatic carbocycles. The summed E-state index contributed by atoms with van der Waals surface area (Å²) in [4.78, 5) is 12.6. The largest absolute Gasteiger partial charge is 0.495 e. The number of hydrogen-bond donors (Lipinski definition) is 2. The van der Waals surface area contributed by atoms with E-state index in [1.807, 2.05) is 50.2 Å². The highest BCUT2D eigenvalue weighted by Crippen LogP contribution is 2.27. The van der Waals surface area contributed by atoms with E-state index >= 15 is 0 Å². The van der Waals surface area contributed by atoms with E-state index in [1.165, 1.54) is 25.3 Å². The highest BCUT2D eigenvalue weighted by atomic mass is 32.2. The van der Waals surface area contributed by atoms with Crippen molar-refractivity contribution in [1.82, 2.24) is 5.32 Å². The Morgan fingerprint density at radius 3 is 2.24 bits per heavy atom. The molecule has 0 saturated carbocycles. The molecule has 0 aromatic heterocycles. The number of carbonyl (C=O) groups is 1. The molecule has 0 aliphatic rings. The summed E-state index contributed by atoms with van der Waals surface area (Å²) in [6.07, 6.45) is 0. The van der Waals surface area contributed by atoms with Crippen LogP contribution >= 0.6 is 0 Å². The molecule has 3 rings (SSSR count).